The molecule has 1 aromatic carbocycles. The Morgan fingerprint density at radius 3 is 2.62 bits per heavy atom. The first kappa shape index (κ1) is 24.0. The number of aromatic nitrogens is 7. The number of anilines is 1. The summed E-state index contributed by atoms with van der Waals surface area (Å²) >= 11 is 0. The van der Waals surface area contributed by atoms with Crippen molar-refractivity contribution in [1.29, 1.82) is 0 Å². The normalized spacial score (nSPS) is 11.8. The number of primary amides is 1. The van der Waals surface area contributed by atoms with Gasteiger partial charge in [0.1, 0.15) is 0 Å². The smallest absolute Gasteiger partial charge is 0.383 e. The van der Waals surface area contributed by atoms with Crippen molar-refractivity contribution in [2.75, 3.05) is 11.9 Å². The van der Waals surface area contributed by atoms with Crippen molar-refractivity contribution >= 4 is 22.6 Å². The lowest BCUT2D eigenvalue weighted by atomic mass is 10.1. The van der Waals surface area contributed by atoms with E-state index < -0.39 is 17.8 Å². The fourth-order valence-electron chi connectivity index (χ4n) is 4.04. The molecule has 37 heavy (non-hydrogen) atoms. The minimum Gasteiger partial charge on any atom is -0.383 e. The number of carbonyl (C=O) groups excluding carboxylic acids is 1. The van der Waals surface area contributed by atoms with Crippen molar-refractivity contribution in [2.24, 2.45) is 12.8 Å². The van der Waals surface area contributed by atoms with Crippen LogP contribution in [0.1, 0.15) is 29.4 Å². The number of amides is 1. The molecule has 0 aliphatic rings. The van der Waals surface area contributed by atoms with Gasteiger partial charge in [-0.25, -0.2) is 14.6 Å². The maximum atomic E-state index is 14.3. The number of nitrogens with two attached hydrogens (primary N) is 1. The molecule has 0 fully saturated rings. The van der Waals surface area contributed by atoms with Crippen molar-refractivity contribution < 1.29 is 18.0 Å². The van der Waals surface area contributed by atoms with Crippen molar-refractivity contribution in [1.82, 2.24) is 34.1 Å². The zero-order valence-electron chi connectivity index (χ0n) is 19.9. The maximum Gasteiger partial charge on any atom is 0.435 e. The molecule has 0 spiro atoms. The predicted molar refractivity (Wildman–Crippen MR) is 130 cm³/mol. The van der Waals surface area contributed by atoms with Gasteiger partial charge in [0.2, 0.25) is 5.91 Å². The van der Waals surface area contributed by atoms with Gasteiger partial charge < -0.3 is 15.6 Å². The summed E-state index contributed by atoms with van der Waals surface area (Å²) in [6.07, 6.45) is 3.83. The molecule has 4 heterocycles. The van der Waals surface area contributed by atoms with Crippen LogP contribution in [0, 0.1) is 0 Å². The van der Waals surface area contributed by atoms with Gasteiger partial charge in [0.25, 0.3) is 0 Å². The van der Waals surface area contributed by atoms with Gasteiger partial charge >= 0.3 is 6.18 Å². The highest BCUT2D eigenvalue weighted by Crippen LogP contribution is 2.38. The first-order chi connectivity index (χ1) is 17.7. The molecule has 5 rings (SSSR count). The molecule has 0 saturated heterocycles. The number of hydrogen-bond acceptors (Lipinski definition) is 6. The Morgan fingerprint density at radius 2 is 1.95 bits per heavy atom. The van der Waals surface area contributed by atoms with Crippen LogP contribution >= 0.6 is 0 Å². The molecule has 13 heteroatoms. The third-order valence-corrected chi connectivity index (χ3v) is 5.75. The van der Waals surface area contributed by atoms with Crippen LogP contribution in [0.2, 0.25) is 0 Å². The van der Waals surface area contributed by atoms with Crippen molar-refractivity contribution in [3.63, 3.8) is 0 Å². The second-order valence-corrected chi connectivity index (χ2v) is 8.38. The molecule has 4 aromatic heterocycles. The Morgan fingerprint density at radius 1 is 1.14 bits per heavy atom. The van der Waals surface area contributed by atoms with Gasteiger partial charge in [-0.1, -0.05) is 6.92 Å². The first-order valence-electron chi connectivity index (χ1n) is 11.3. The predicted octanol–water partition coefficient (Wildman–Crippen LogP) is 3.95. The van der Waals surface area contributed by atoms with Crippen LogP contribution < -0.4 is 11.1 Å². The number of alkyl halides is 3. The van der Waals surface area contributed by atoms with Crippen molar-refractivity contribution in [3.05, 3.63) is 66.6 Å². The number of halogens is 3. The molecule has 0 aliphatic carbocycles. The van der Waals surface area contributed by atoms with E-state index in [9.17, 15) is 18.0 Å². The lowest BCUT2D eigenvalue weighted by Crippen LogP contribution is -2.14. The molecule has 0 saturated carbocycles. The van der Waals surface area contributed by atoms with Gasteiger partial charge in [-0.2, -0.15) is 23.4 Å². The van der Waals surface area contributed by atoms with Crippen LogP contribution in [-0.4, -0.2) is 46.5 Å². The second kappa shape index (κ2) is 9.08. The molecule has 10 nitrogen and oxygen atoms in total. The lowest BCUT2D eigenvalue weighted by Gasteiger charge is -2.13. The quantitative estimate of drug-likeness (QED) is 0.343. The summed E-state index contributed by atoms with van der Waals surface area (Å²) in [6.45, 7) is 2.46. The molecule has 0 aliphatic heterocycles. The molecule has 0 bridgehead atoms. The average molecular weight is 509 g/mol. The number of benzene rings is 1. The zero-order chi connectivity index (χ0) is 26.3. The van der Waals surface area contributed by atoms with E-state index in [1.54, 1.807) is 30.3 Å². The van der Waals surface area contributed by atoms with E-state index in [2.05, 4.69) is 25.5 Å². The van der Waals surface area contributed by atoms with E-state index in [1.165, 1.54) is 41.4 Å². The van der Waals surface area contributed by atoms with E-state index in [4.69, 9.17) is 5.73 Å². The molecule has 5 aromatic rings. The lowest BCUT2D eigenvalue weighted by molar-refractivity contribution is -0.140. The monoisotopic (exact) mass is 509 g/mol. The molecule has 0 unspecified atom stereocenters. The Labute approximate surface area is 208 Å². The third-order valence-electron chi connectivity index (χ3n) is 5.75. The van der Waals surface area contributed by atoms with Crippen LogP contribution in [0.4, 0.5) is 18.9 Å². The fraction of sp³-hybridized carbons (Fsp3) is 0.208. The highest BCUT2D eigenvalue weighted by Gasteiger charge is 2.39. The Kier molecular flexibility index (Phi) is 5.90. The number of pyridine rings is 1. The maximum absolute atomic E-state index is 14.3. The number of nitrogens with zero attached hydrogens (tertiary/aromatic N) is 7. The van der Waals surface area contributed by atoms with Crippen LogP contribution in [0.5, 0.6) is 0 Å². The summed E-state index contributed by atoms with van der Waals surface area (Å²) < 4.78 is 47.1. The van der Waals surface area contributed by atoms with Gasteiger partial charge in [0.05, 0.1) is 40.7 Å². The number of nitrogens with one attached hydrogen (secondary N) is 1. The van der Waals surface area contributed by atoms with E-state index in [0.717, 1.165) is 16.7 Å². The van der Waals surface area contributed by atoms with Gasteiger partial charge in [-0.15, -0.1) is 0 Å². The number of imidazole rings is 1. The Bertz CT molecular complexity index is 1610. The molecule has 1 amide bonds. The van der Waals surface area contributed by atoms with Gasteiger partial charge in [0.15, 0.2) is 11.3 Å². The number of rotatable bonds is 7. The largest absolute Gasteiger partial charge is 0.435 e. The minimum absolute atomic E-state index is 0.00664. The highest BCUT2D eigenvalue weighted by molar-refractivity contribution is 5.95. The zero-order valence-corrected chi connectivity index (χ0v) is 19.9. The van der Waals surface area contributed by atoms with Crippen LogP contribution in [0.15, 0.2) is 55.4 Å². The molecule has 0 radical (unpaired) electrons. The van der Waals surface area contributed by atoms with Crippen LogP contribution in [0.25, 0.3) is 33.7 Å². The summed E-state index contributed by atoms with van der Waals surface area (Å²) in [5, 5.41) is 11.0. The summed E-state index contributed by atoms with van der Waals surface area (Å²) in [5.74, 6) is -0.655. The van der Waals surface area contributed by atoms with E-state index in [0.29, 0.717) is 23.6 Å². The number of carbonyl (C=O) groups is 1. The highest BCUT2D eigenvalue weighted by atomic mass is 19.4. The first-order valence-corrected chi connectivity index (χ1v) is 11.3. The summed E-state index contributed by atoms with van der Waals surface area (Å²) in [5.41, 5.74) is 6.71. The Balaban J connectivity index is 1.72. The number of fused-ring (bicyclic) bond motifs is 1. The van der Waals surface area contributed by atoms with Crippen LogP contribution in [-0.2, 0) is 13.2 Å². The second-order valence-electron chi connectivity index (χ2n) is 8.38. The van der Waals surface area contributed by atoms with Crippen LogP contribution in [0.3, 0.4) is 0 Å². The molecule has 3 N–H and O–H groups in total. The molecular weight excluding hydrogens is 487 g/mol. The van der Waals surface area contributed by atoms with E-state index in [-0.39, 0.29) is 22.3 Å². The third kappa shape index (κ3) is 4.39. The van der Waals surface area contributed by atoms with Crippen molar-refractivity contribution in [2.45, 2.75) is 19.5 Å². The summed E-state index contributed by atoms with van der Waals surface area (Å²) in [6, 6.07) is 5.91. The molecule has 0 atom stereocenters. The van der Waals surface area contributed by atoms with Crippen molar-refractivity contribution in [3.8, 4) is 22.6 Å². The van der Waals surface area contributed by atoms with E-state index in [1.807, 2.05) is 6.92 Å². The minimum atomic E-state index is -4.77. The molecular formula is C24H22F3N9O. The SMILES string of the molecule is CCCNc1cc(C(N)=O)ccc1-n1nc(C(F)(F)F)c2c(-n3cnc(-c4cnn(C)c4)c3)ccnc21. The standard InChI is InChI=1S/C24H22F3N9O/c1-3-7-29-16-9-14(22(28)37)4-5-18(16)36-23-20(21(33-36)24(25,26)27)19(6-8-30-23)35-12-17(31-13-35)15-10-32-34(2)11-15/h4-6,8-13,29H,3,7H2,1-2H3,(H2,28,37). The number of aryl methyl sites for hydroxylation is 1. The fourth-order valence-corrected chi connectivity index (χ4v) is 4.04. The van der Waals surface area contributed by atoms with Gasteiger partial charge in [0, 0.05) is 43.3 Å². The van der Waals surface area contributed by atoms with Gasteiger partial charge in [-0.05, 0) is 30.7 Å². The summed E-state index contributed by atoms with van der Waals surface area (Å²) in [4.78, 5) is 20.3. The summed E-state index contributed by atoms with van der Waals surface area (Å²) in [7, 11) is 1.76. The topological polar surface area (TPSA) is 121 Å². The number of hydrogen-bond donors (Lipinski definition) is 2. The van der Waals surface area contributed by atoms with E-state index >= 15 is 0 Å². The molecule has 190 valence electrons. The van der Waals surface area contributed by atoms with Gasteiger partial charge in [-0.3, -0.25) is 9.48 Å². The average Bonchev–Trinajstić information content (AvgIpc) is 3.60. The Hall–Kier alpha value is -4.68.